The van der Waals surface area contributed by atoms with Crippen LogP contribution in [0.3, 0.4) is 0 Å². The second kappa shape index (κ2) is 8.20. The Morgan fingerprint density at radius 1 is 1.09 bits per heavy atom. The highest BCUT2D eigenvalue weighted by Crippen LogP contribution is 2.30. The Bertz CT molecular complexity index is 962. The van der Waals surface area contributed by atoms with Crippen LogP contribution in [-0.2, 0) is 16.1 Å². The molecular weight excluding hydrogens is 410 g/mol. The lowest BCUT2D eigenvalue weighted by Gasteiger charge is -2.43. The van der Waals surface area contributed by atoms with Crippen LogP contribution in [0.4, 0.5) is 10.5 Å². The van der Waals surface area contributed by atoms with Crippen molar-refractivity contribution in [1.29, 1.82) is 0 Å². The molecule has 2 saturated heterocycles. The molecule has 1 N–H and O–H groups in total. The van der Waals surface area contributed by atoms with E-state index in [-0.39, 0.29) is 29.8 Å². The van der Waals surface area contributed by atoms with Crippen molar-refractivity contribution in [2.75, 3.05) is 38.1 Å². The standard InChI is InChI=1S/C23H31N5O4/c1-23(2,3)27-11-9-26(10-12-27)22(32)25(4)16-5-6-17-15(13-16)14-28(21(17)31)18-7-8-19(29)24-20(18)30/h5-6,13,18H,7-12,14H2,1-4H3,(H,24,29,30). The Labute approximate surface area is 188 Å². The number of fused-ring (bicyclic) bond motifs is 1. The monoisotopic (exact) mass is 441 g/mol. The van der Waals surface area contributed by atoms with E-state index < -0.39 is 11.9 Å². The van der Waals surface area contributed by atoms with E-state index in [0.29, 0.717) is 37.3 Å². The molecule has 1 atom stereocenters. The second-order valence-corrected chi connectivity index (χ2v) is 9.73. The fourth-order valence-corrected chi connectivity index (χ4v) is 4.66. The second-order valence-electron chi connectivity index (χ2n) is 9.73. The molecule has 5 amide bonds. The highest BCUT2D eigenvalue weighted by Gasteiger charge is 2.39. The molecule has 1 unspecified atom stereocenters. The summed E-state index contributed by atoms with van der Waals surface area (Å²) in [6.45, 7) is 9.86. The van der Waals surface area contributed by atoms with Gasteiger partial charge in [0, 0.05) is 63.0 Å². The molecular formula is C23H31N5O4. The Kier molecular flexibility index (Phi) is 5.70. The van der Waals surface area contributed by atoms with Gasteiger partial charge in [0.15, 0.2) is 0 Å². The van der Waals surface area contributed by atoms with E-state index in [1.807, 2.05) is 11.0 Å². The summed E-state index contributed by atoms with van der Waals surface area (Å²) in [5, 5.41) is 2.31. The van der Waals surface area contributed by atoms with Crippen LogP contribution < -0.4 is 10.2 Å². The molecule has 0 radical (unpaired) electrons. The van der Waals surface area contributed by atoms with Gasteiger partial charge in [-0.3, -0.25) is 29.5 Å². The van der Waals surface area contributed by atoms with E-state index >= 15 is 0 Å². The lowest BCUT2D eigenvalue weighted by Crippen LogP contribution is -2.56. The van der Waals surface area contributed by atoms with E-state index in [1.165, 1.54) is 4.90 Å². The van der Waals surface area contributed by atoms with Crippen molar-refractivity contribution in [2.24, 2.45) is 0 Å². The quantitative estimate of drug-likeness (QED) is 0.701. The topological polar surface area (TPSA) is 93.3 Å². The first-order valence-electron chi connectivity index (χ1n) is 11.1. The number of urea groups is 1. The molecule has 1 aromatic carbocycles. The summed E-state index contributed by atoms with van der Waals surface area (Å²) in [6, 6.07) is 4.63. The molecule has 0 saturated carbocycles. The number of carbonyl (C=O) groups excluding carboxylic acids is 4. The average molecular weight is 442 g/mol. The number of anilines is 1. The predicted octanol–water partition coefficient (Wildman–Crippen LogP) is 1.42. The number of carbonyl (C=O) groups is 4. The molecule has 0 aromatic heterocycles. The fraction of sp³-hybridized carbons (Fsp3) is 0.565. The van der Waals surface area contributed by atoms with Crippen molar-refractivity contribution in [3.8, 4) is 0 Å². The first-order valence-corrected chi connectivity index (χ1v) is 11.1. The molecule has 3 aliphatic rings. The maximum atomic E-state index is 13.1. The van der Waals surface area contributed by atoms with E-state index in [2.05, 4.69) is 31.0 Å². The maximum absolute atomic E-state index is 13.1. The van der Waals surface area contributed by atoms with Crippen molar-refractivity contribution in [3.05, 3.63) is 29.3 Å². The lowest BCUT2D eigenvalue weighted by atomic mass is 10.0. The summed E-state index contributed by atoms with van der Waals surface area (Å²) >= 11 is 0. The van der Waals surface area contributed by atoms with Gasteiger partial charge in [0.25, 0.3) is 5.91 Å². The molecule has 0 spiro atoms. The van der Waals surface area contributed by atoms with Gasteiger partial charge < -0.3 is 9.80 Å². The van der Waals surface area contributed by atoms with Crippen LogP contribution in [0.15, 0.2) is 18.2 Å². The molecule has 3 aliphatic heterocycles. The molecule has 0 bridgehead atoms. The van der Waals surface area contributed by atoms with E-state index in [9.17, 15) is 19.2 Å². The van der Waals surface area contributed by atoms with Gasteiger partial charge in [-0.05, 0) is 51.0 Å². The van der Waals surface area contributed by atoms with E-state index in [0.717, 1.165) is 18.7 Å². The molecule has 32 heavy (non-hydrogen) atoms. The van der Waals surface area contributed by atoms with Crippen LogP contribution in [0, 0.1) is 0 Å². The van der Waals surface area contributed by atoms with Gasteiger partial charge in [0.1, 0.15) is 6.04 Å². The molecule has 0 aliphatic carbocycles. The van der Waals surface area contributed by atoms with Gasteiger partial charge in [-0.15, -0.1) is 0 Å². The zero-order chi connectivity index (χ0) is 23.2. The smallest absolute Gasteiger partial charge is 0.322 e. The Morgan fingerprint density at radius 2 is 1.78 bits per heavy atom. The number of hydrogen-bond acceptors (Lipinski definition) is 5. The van der Waals surface area contributed by atoms with Gasteiger partial charge in [-0.25, -0.2) is 4.79 Å². The largest absolute Gasteiger partial charge is 0.324 e. The van der Waals surface area contributed by atoms with Crippen molar-refractivity contribution >= 4 is 29.4 Å². The van der Waals surface area contributed by atoms with Gasteiger partial charge in [0.05, 0.1) is 0 Å². The minimum Gasteiger partial charge on any atom is -0.322 e. The zero-order valence-electron chi connectivity index (χ0n) is 19.2. The average Bonchev–Trinajstić information content (AvgIpc) is 3.08. The van der Waals surface area contributed by atoms with Crippen LogP contribution in [-0.4, -0.2) is 83.3 Å². The third-order valence-corrected chi connectivity index (χ3v) is 6.68. The van der Waals surface area contributed by atoms with Gasteiger partial charge in [-0.1, -0.05) is 0 Å². The number of hydrogen-bond donors (Lipinski definition) is 1. The predicted molar refractivity (Wildman–Crippen MR) is 119 cm³/mol. The number of amides is 5. The molecule has 9 heteroatoms. The van der Waals surface area contributed by atoms with Crippen molar-refractivity contribution in [3.63, 3.8) is 0 Å². The van der Waals surface area contributed by atoms with Crippen molar-refractivity contribution in [2.45, 2.75) is 51.7 Å². The van der Waals surface area contributed by atoms with Crippen LogP contribution in [0.1, 0.15) is 49.5 Å². The number of nitrogens with zero attached hydrogens (tertiary/aromatic N) is 4. The summed E-state index contributed by atoms with van der Waals surface area (Å²) in [5.74, 6) is -0.946. The Morgan fingerprint density at radius 3 is 2.41 bits per heavy atom. The molecule has 172 valence electrons. The molecule has 4 rings (SSSR count). The van der Waals surface area contributed by atoms with Gasteiger partial charge in [0.2, 0.25) is 11.8 Å². The molecule has 1 aromatic rings. The molecule has 9 nitrogen and oxygen atoms in total. The minimum atomic E-state index is -0.644. The Balaban J connectivity index is 1.44. The van der Waals surface area contributed by atoms with E-state index in [4.69, 9.17) is 0 Å². The maximum Gasteiger partial charge on any atom is 0.324 e. The summed E-state index contributed by atoms with van der Waals surface area (Å²) < 4.78 is 0. The molecule has 2 fully saturated rings. The summed E-state index contributed by atoms with van der Waals surface area (Å²) in [4.78, 5) is 57.0. The van der Waals surface area contributed by atoms with Crippen LogP contribution >= 0.6 is 0 Å². The zero-order valence-corrected chi connectivity index (χ0v) is 19.2. The third kappa shape index (κ3) is 4.09. The van der Waals surface area contributed by atoms with Crippen molar-refractivity contribution < 1.29 is 19.2 Å². The molecule has 3 heterocycles. The van der Waals surface area contributed by atoms with Crippen LogP contribution in [0.2, 0.25) is 0 Å². The highest BCUT2D eigenvalue weighted by atomic mass is 16.2. The van der Waals surface area contributed by atoms with Gasteiger partial charge >= 0.3 is 6.03 Å². The van der Waals surface area contributed by atoms with Crippen LogP contribution in [0.5, 0.6) is 0 Å². The van der Waals surface area contributed by atoms with E-state index in [1.54, 1.807) is 24.1 Å². The number of piperazine rings is 1. The Hall–Kier alpha value is -2.94. The SMILES string of the molecule is CN(C(=O)N1CCN(C(C)(C)C)CC1)c1ccc2c(c1)CN(C1CCC(=O)NC1=O)C2=O. The number of rotatable bonds is 2. The number of benzene rings is 1. The number of nitrogens with one attached hydrogen (secondary N) is 1. The fourth-order valence-electron chi connectivity index (χ4n) is 4.66. The lowest BCUT2D eigenvalue weighted by molar-refractivity contribution is -0.136. The first-order chi connectivity index (χ1) is 15.1. The normalized spacial score (nSPS) is 22.1. The van der Waals surface area contributed by atoms with Crippen LogP contribution in [0.25, 0.3) is 0 Å². The summed E-state index contributed by atoms with van der Waals surface area (Å²) in [5.41, 5.74) is 2.12. The number of imide groups is 1. The van der Waals surface area contributed by atoms with Gasteiger partial charge in [-0.2, -0.15) is 0 Å². The number of piperidine rings is 1. The highest BCUT2D eigenvalue weighted by molar-refractivity contribution is 6.05. The van der Waals surface area contributed by atoms with Crippen molar-refractivity contribution in [1.82, 2.24) is 20.0 Å². The third-order valence-electron chi connectivity index (χ3n) is 6.68. The minimum absolute atomic E-state index is 0.0649. The first kappa shape index (κ1) is 22.3. The summed E-state index contributed by atoms with van der Waals surface area (Å²) in [7, 11) is 1.74. The summed E-state index contributed by atoms with van der Waals surface area (Å²) in [6.07, 6.45) is 0.553.